The maximum absolute atomic E-state index is 11.7. The smallest absolute Gasteiger partial charge is 0.223 e. The van der Waals surface area contributed by atoms with Crippen molar-refractivity contribution >= 4 is 5.91 Å². The fourth-order valence-electron chi connectivity index (χ4n) is 2.74. The molecule has 1 aromatic carbocycles. The average molecular weight is 258 g/mol. The standard InChI is InChI=1S/C16H22N2O/c19-16(14-6-7-14)17-15-8-10-18(11-9-15)12-13-4-2-1-3-5-13/h1-5,14-15H,6-12H2,(H,17,19). The van der Waals surface area contributed by atoms with Crippen LogP contribution in [0.25, 0.3) is 0 Å². The normalized spacial score (nSPS) is 21.3. The molecule has 0 aromatic heterocycles. The van der Waals surface area contributed by atoms with E-state index in [1.54, 1.807) is 0 Å². The topological polar surface area (TPSA) is 32.3 Å². The van der Waals surface area contributed by atoms with E-state index in [0.29, 0.717) is 17.9 Å². The minimum atomic E-state index is 0.293. The number of carbonyl (C=O) groups is 1. The quantitative estimate of drug-likeness (QED) is 0.897. The van der Waals surface area contributed by atoms with Crippen molar-refractivity contribution in [1.29, 1.82) is 0 Å². The molecule has 0 radical (unpaired) electrons. The lowest BCUT2D eigenvalue weighted by molar-refractivity contribution is -0.123. The van der Waals surface area contributed by atoms with Gasteiger partial charge in [-0.1, -0.05) is 30.3 Å². The second-order valence-corrected chi connectivity index (χ2v) is 5.82. The van der Waals surface area contributed by atoms with E-state index in [9.17, 15) is 4.79 Å². The average Bonchev–Trinajstić information content (AvgIpc) is 3.27. The molecule has 1 saturated heterocycles. The van der Waals surface area contributed by atoms with Crippen LogP contribution < -0.4 is 5.32 Å². The monoisotopic (exact) mass is 258 g/mol. The maximum atomic E-state index is 11.7. The molecule has 1 saturated carbocycles. The molecular weight excluding hydrogens is 236 g/mol. The molecule has 2 aliphatic rings. The van der Waals surface area contributed by atoms with E-state index in [1.165, 1.54) is 5.56 Å². The highest BCUT2D eigenvalue weighted by Crippen LogP contribution is 2.29. The Morgan fingerprint density at radius 1 is 1.11 bits per heavy atom. The van der Waals surface area contributed by atoms with Crippen molar-refractivity contribution in [2.24, 2.45) is 5.92 Å². The Balaban J connectivity index is 1.43. The Labute approximate surface area is 115 Å². The number of benzene rings is 1. The molecule has 1 N–H and O–H groups in total. The lowest BCUT2D eigenvalue weighted by atomic mass is 10.0. The van der Waals surface area contributed by atoms with E-state index in [1.807, 2.05) is 0 Å². The van der Waals surface area contributed by atoms with Gasteiger partial charge in [0.2, 0.25) is 5.91 Å². The van der Waals surface area contributed by atoms with Crippen molar-refractivity contribution in [3.05, 3.63) is 35.9 Å². The maximum Gasteiger partial charge on any atom is 0.223 e. The van der Waals surface area contributed by atoms with Crippen LogP contribution in [0.3, 0.4) is 0 Å². The number of piperidine rings is 1. The van der Waals surface area contributed by atoms with Gasteiger partial charge in [-0.05, 0) is 31.2 Å². The fourth-order valence-corrected chi connectivity index (χ4v) is 2.74. The van der Waals surface area contributed by atoms with E-state index in [0.717, 1.165) is 45.3 Å². The highest BCUT2D eigenvalue weighted by molar-refractivity contribution is 5.81. The van der Waals surface area contributed by atoms with Gasteiger partial charge in [-0.3, -0.25) is 9.69 Å². The first-order chi connectivity index (χ1) is 9.31. The summed E-state index contributed by atoms with van der Waals surface area (Å²) in [6.45, 7) is 3.21. The minimum Gasteiger partial charge on any atom is -0.353 e. The molecule has 0 unspecified atom stereocenters. The number of rotatable bonds is 4. The first-order valence-electron chi connectivity index (χ1n) is 7.38. The number of amides is 1. The number of hydrogen-bond donors (Lipinski definition) is 1. The molecule has 102 valence electrons. The number of nitrogens with zero attached hydrogens (tertiary/aromatic N) is 1. The second kappa shape index (κ2) is 5.74. The van der Waals surface area contributed by atoms with E-state index < -0.39 is 0 Å². The molecule has 1 aliphatic carbocycles. The summed E-state index contributed by atoms with van der Waals surface area (Å²) in [6.07, 6.45) is 4.37. The van der Waals surface area contributed by atoms with Gasteiger partial charge < -0.3 is 5.32 Å². The summed E-state index contributed by atoms with van der Waals surface area (Å²) in [5.41, 5.74) is 1.38. The Bertz CT molecular complexity index is 420. The zero-order valence-electron chi connectivity index (χ0n) is 11.3. The zero-order chi connectivity index (χ0) is 13.1. The Hall–Kier alpha value is -1.35. The number of carbonyl (C=O) groups excluding carboxylic acids is 1. The van der Waals surface area contributed by atoms with Crippen LogP contribution in [0, 0.1) is 5.92 Å². The van der Waals surface area contributed by atoms with Crippen LogP contribution in [-0.2, 0) is 11.3 Å². The van der Waals surface area contributed by atoms with Crippen LogP contribution in [0.4, 0.5) is 0 Å². The first kappa shape index (κ1) is 12.7. The van der Waals surface area contributed by atoms with E-state index in [2.05, 4.69) is 40.5 Å². The second-order valence-electron chi connectivity index (χ2n) is 5.82. The van der Waals surface area contributed by atoms with Gasteiger partial charge in [0.1, 0.15) is 0 Å². The van der Waals surface area contributed by atoms with Gasteiger partial charge in [0.25, 0.3) is 0 Å². The van der Waals surface area contributed by atoms with E-state index in [4.69, 9.17) is 0 Å². The summed E-state index contributed by atoms with van der Waals surface area (Å²) >= 11 is 0. The molecule has 3 nitrogen and oxygen atoms in total. The number of hydrogen-bond acceptors (Lipinski definition) is 2. The third-order valence-corrected chi connectivity index (χ3v) is 4.13. The molecule has 1 aromatic rings. The van der Waals surface area contributed by atoms with Crippen LogP contribution in [0.5, 0.6) is 0 Å². The lowest BCUT2D eigenvalue weighted by Gasteiger charge is -2.32. The van der Waals surface area contributed by atoms with Crippen LogP contribution >= 0.6 is 0 Å². The summed E-state index contributed by atoms with van der Waals surface area (Å²) in [7, 11) is 0. The zero-order valence-corrected chi connectivity index (χ0v) is 11.3. The Morgan fingerprint density at radius 3 is 2.42 bits per heavy atom. The molecule has 1 heterocycles. The van der Waals surface area contributed by atoms with Gasteiger partial charge in [0.05, 0.1) is 0 Å². The van der Waals surface area contributed by atoms with Gasteiger partial charge >= 0.3 is 0 Å². The van der Waals surface area contributed by atoms with E-state index >= 15 is 0 Å². The predicted molar refractivity (Wildman–Crippen MR) is 75.6 cm³/mol. The van der Waals surface area contributed by atoms with Gasteiger partial charge in [0.15, 0.2) is 0 Å². The SMILES string of the molecule is O=C(NC1CCN(Cc2ccccc2)CC1)C1CC1. The minimum absolute atomic E-state index is 0.293. The van der Waals surface area contributed by atoms with Crippen molar-refractivity contribution in [3.63, 3.8) is 0 Å². The molecule has 1 amide bonds. The molecule has 0 bridgehead atoms. The molecule has 2 fully saturated rings. The Kier molecular flexibility index (Phi) is 3.83. The molecule has 3 heteroatoms. The van der Waals surface area contributed by atoms with Crippen molar-refractivity contribution in [1.82, 2.24) is 10.2 Å². The molecule has 19 heavy (non-hydrogen) atoms. The van der Waals surface area contributed by atoms with Gasteiger partial charge in [-0.2, -0.15) is 0 Å². The van der Waals surface area contributed by atoms with Crippen molar-refractivity contribution in [2.45, 2.75) is 38.3 Å². The predicted octanol–water partition coefficient (Wildman–Crippen LogP) is 2.18. The molecule has 3 rings (SSSR count). The summed E-state index contributed by atoms with van der Waals surface area (Å²) < 4.78 is 0. The van der Waals surface area contributed by atoms with Crippen molar-refractivity contribution in [2.75, 3.05) is 13.1 Å². The molecule has 0 spiro atoms. The first-order valence-corrected chi connectivity index (χ1v) is 7.38. The van der Waals surface area contributed by atoms with Gasteiger partial charge in [0, 0.05) is 31.6 Å². The number of nitrogens with one attached hydrogen (secondary N) is 1. The summed E-state index contributed by atoms with van der Waals surface area (Å²) in [5.74, 6) is 0.629. The highest BCUT2D eigenvalue weighted by Gasteiger charge is 2.31. The third kappa shape index (κ3) is 3.57. The number of likely N-dealkylation sites (tertiary alicyclic amines) is 1. The molecular formula is C16H22N2O. The molecule has 1 aliphatic heterocycles. The van der Waals surface area contributed by atoms with Gasteiger partial charge in [-0.25, -0.2) is 0 Å². The van der Waals surface area contributed by atoms with Crippen LogP contribution in [0.2, 0.25) is 0 Å². The summed E-state index contributed by atoms with van der Waals surface area (Å²) in [6, 6.07) is 11.0. The summed E-state index contributed by atoms with van der Waals surface area (Å²) in [4.78, 5) is 14.2. The largest absolute Gasteiger partial charge is 0.353 e. The van der Waals surface area contributed by atoms with E-state index in [-0.39, 0.29) is 0 Å². The third-order valence-electron chi connectivity index (χ3n) is 4.13. The fraction of sp³-hybridized carbons (Fsp3) is 0.562. The van der Waals surface area contributed by atoms with Gasteiger partial charge in [-0.15, -0.1) is 0 Å². The highest BCUT2D eigenvalue weighted by atomic mass is 16.2. The molecule has 0 atom stereocenters. The lowest BCUT2D eigenvalue weighted by Crippen LogP contribution is -2.44. The Morgan fingerprint density at radius 2 is 1.79 bits per heavy atom. The summed E-state index contributed by atoms with van der Waals surface area (Å²) in [5, 5.41) is 3.20. The van der Waals surface area contributed by atoms with Crippen LogP contribution in [0.1, 0.15) is 31.2 Å². The van der Waals surface area contributed by atoms with Crippen LogP contribution in [-0.4, -0.2) is 29.9 Å². The van der Waals surface area contributed by atoms with Crippen molar-refractivity contribution in [3.8, 4) is 0 Å². The van der Waals surface area contributed by atoms with Crippen LogP contribution in [0.15, 0.2) is 30.3 Å². The van der Waals surface area contributed by atoms with Crippen molar-refractivity contribution < 1.29 is 4.79 Å².